The summed E-state index contributed by atoms with van der Waals surface area (Å²) in [5, 5.41) is 0. The first-order chi connectivity index (χ1) is 7.15. The van der Waals surface area contributed by atoms with Crippen molar-refractivity contribution in [1.82, 2.24) is 4.90 Å². The van der Waals surface area contributed by atoms with Crippen molar-refractivity contribution in [2.45, 2.75) is 58.1 Å². The number of nitrogens with zero attached hydrogens (tertiary/aromatic N) is 1. The zero-order valence-corrected chi connectivity index (χ0v) is 10.2. The number of carbonyl (C=O) groups excluding carboxylic acids is 1. The van der Waals surface area contributed by atoms with Crippen LogP contribution in [0.3, 0.4) is 0 Å². The van der Waals surface area contributed by atoms with E-state index in [2.05, 4.69) is 13.8 Å². The van der Waals surface area contributed by atoms with E-state index in [0.29, 0.717) is 12.1 Å². The van der Waals surface area contributed by atoms with Gasteiger partial charge in [-0.3, -0.25) is 4.79 Å². The van der Waals surface area contributed by atoms with Crippen molar-refractivity contribution in [3.05, 3.63) is 0 Å². The second-order valence-electron chi connectivity index (χ2n) is 4.48. The molecule has 0 saturated heterocycles. The number of rotatable bonds is 5. The van der Waals surface area contributed by atoms with Crippen LogP contribution in [0.5, 0.6) is 0 Å². The van der Waals surface area contributed by atoms with Crippen LogP contribution in [-0.2, 0) is 9.53 Å². The third-order valence-electron chi connectivity index (χ3n) is 3.39. The van der Waals surface area contributed by atoms with Crippen molar-refractivity contribution < 1.29 is 9.53 Å². The van der Waals surface area contributed by atoms with Crippen LogP contribution >= 0.6 is 0 Å². The van der Waals surface area contributed by atoms with E-state index in [4.69, 9.17) is 4.74 Å². The Kier molecular flexibility index (Phi) is 5.09. The fraction of sp³-hybridized carbons (Fsp3) is 0.917. The van der Waals surface area contributed by atoms with Crippen LogP contribution in [0.2, 0.25) is 0 Å². The second-order valence-corrected chi connectivity index (χ2v) is 4.48. The number of hydrogen-bond donors (Lipinski definition) is 0. The highest BCUT2D eigenvalue weighted by Gasteiger charge is 2.19. The summed E-state index contributed by atoms with van der Waals surface area (Å²) in [5.41, 5.74) is 0. The first-order valence-electron chi connectivity index (χ1n) is 6.02. The molecular formula is C12H23NO2. The summed E-state index contributed by atoms with van der Waals surface area (Å²) in [6.07, 6.45) is 6.08. The smallest absolute Gasteiger partial charge is 0.248 e. The van der Waals surface area contributed by atoms with Gasteiger partial charge in [-0.2, -0.15) is 0 Å². The van der Waals surface area contributed by atoms with E-state index in [9.17, 15) is 4.79 Å². The van der Waals surface area contributed by atoms with Crippen LogP contribution in [0.25, 0.3) is 0 Å². The Morgan fingerprint density at radius 3 is 2.60 bits per heavy atom. The third kappa shape index (κ3) is 3.82. The lowest BCUT2D eigenvalue weighted by Gasteiger charge is -2.24. The Balaban J connectivity index is 2.22. The standard InChI is InChI=1S/C12H23NO2/c1-4-10(2)13(3)12(14)9-15-11-7-5-6-8-11/h10-11H,4-9H2,1-3H3. The van der Waals surface area contributed by atoms with E-state index >= 15 is 0 Å². The van der Waals surface area contributed by atoms with Crippen molar-refractivity contribution in [3.8, 4) is 0 Å². The number of carbonyl (C=O) groups is 1. The molecule has 1 aliphatic carbocycles. The molecule has 0 spiro atoms. The molecule has 88 valence electrons. The van der Waals surface area contributed by atoms with Gasteiger partial charge in [0.2, 0.25) is 5.91 Å². The maximum atomic E-state index is 11.7. The average molecular weight is 213 g/mol. The summed E-state index contributed by atoms with van der Waals surface area (Å²) in [6, 6.07) is 0.310. The van der Waals surface area contributed by atoms with Crippen LogP contribution in [0, 0.1) is 0 Å². The van der Waals surface area contributed by atoms with Gasteiger partial charge in [-0.25, -0.2) is 0 Å². The molecule has 1 amide bonds. The van der Waals surface area contributed by atoms with Gasteiger partial charge in [0.1, 0.15) is 6.61 Å². The molecule has 0 aromatic rings. The maximum absolute atomic E-state index is 11.7. The maximum Gasteiger partial charge on any atom is 0.248 e. The quantitative estimate of drug-likeness (QED) is 0.700. The van der Waals surface area contributed by atoms with Gasteiger partial charge in [-0.15, -0.1) is 0 Å². The molecule has 0 aromatic carbocycles. The summed E-state index contributed by atoms with van der Waals surface area (Å²) >= 11 is 0. The van der Waals surface area contributed by atoms with Crippen LogP contribution < -0.4 is 0 Å². The summed E-state index contributed by atoms with van der Waals surface area (Å²) in [5.74, 6) is 0.108. The van der Waals surface area contributed by atoms with Crippen molar-refractivity contribution in [1.29, 1.82) is 0 Å². The highest BCUT2D eigenvalue weighted by Crippen LogP contribution is 2.20. The molecular weight excluding hydrogens is 190 g/mol. The first kappa shape index (κ1) is 12.5. The number of hydrogen-bond acceptors (Lipinski definition) is 2. The predicted molar refractivity (Wildman–Crippen MR) is 60.7 cm³/mol. The normalized spacial score (nSPS) is 19.1. The summed E-state index contributed by atoms with van der Waals surface area (Å²) in [6.45, 7) is 4.41. The fourth-order valence-corrected chi connectivity index (χ4v) is 1.87. The molecule has 1 atom stereocenters. The van der Waals surface area contributed by atoms with Crippen LogP contribution in [0.1, 0.15) is 46.0 Å². The minimum absolute atomic E-state index is 0.108. The molecule has 3 heteroatoms. The second kappa shape index (κ2) is 6.11. The largest absolute Gasteiger partial charge is 0.368 e. The average Bonchev–Trinajstić information content (AvgIpc) is 2.76. The van der Waals surface area contributed by atoms with Gasteiger partial charge in [0.25, 0.3) is 0 Å². The van der Waals surface area contributed by atoms with E-state index in [1.807, 2.05) is 7.05 Å². The summed E-state index contributed by atoms with van der Waals surface area (Å²) in [7, 11) is 1.86. The Morgan fingerprint density at radius 1 is 1.47 bits per heavy atom. The molecule has 0 N–H and O–H groups in total. The fourth-order valence-electron chi connectivity index (χ4n) is 1.87. The molecule has 3 nitrogen and oxygen atoms in total. The van der Waals surface area contributed by atoms with Crippen molar-refractivity contribution in [2.75, 3.05) is 13.7 Å². The molecule has 1 unspecified atom stereocenters. The molecule has 1 fully saturated rings. The Morgan fingerprint density at radius 2 is 2.07 bits per heavy atom. The molecule has 0 radical (unpaired) electrons. The van der Waals surface area contributed by atoms with Crippen LogP contribution in [0.15, 0.2) is 0 Å². The van der Waals surface area contributed by atoms with E-state index in [-0.39, 0.29) is 12.5 Å². The number of likely N-dealkylation sites (N-methyl/N-ethyl adjacent to an activating group) is 1. The molecule has 0 bridgehead atoms. The van der Waals surface area contributed by atoms with Gasteiger partial charge >= 0.3 is 0 Å². The van der Waals surface area contributed by atoms with Gasteiger partial charge in [0, 0.05) is 13.1 Å². The Labute approximate surface area is 92.8 Å². The predicted octanol–water partition coefficient (Wildman–Crippen LogP) is 2.20. The molecule has 0 heterocycles. The zero-order valence-electron chi connectivity index (χ0n) is 10.2. The van der Waals surface area contributed by atoms with Gasteiger partial charge in [-0.05, 0) is 26.2 Å². The molecule has 1 saturated carbocycles. The minimum Gasteiger partial charge on any atom is -0.368 e. The number of ether oxygens (including phenoxy) is 1. The monoisotopic (exact) mass is 213 g/mol. The highest BCUT2D eigenvalue weighted by atomic mass is 16.5. The van der Waals surface area contributed by atoms with Gasteiger partial charge in [-0.1, -0.05) is 19.8 Å². The molecule has 1 aliphatic rings. The lowest BCUT2D eigenvalue weighted by atomic mass is 10.2. The van der Waals surface area contributed by atoms with E-state index < -0.39 is 0 Å². The Hall–Kier alpha value is -0.570. The van der Waals surface area contributed by atoms with Crippen molar-refractivity contribution in [2.24, 2.45) is 0 Å². The molecule has 15 heavy (non-hydrogen) atoms. The SMILES string of the molecule is CCC(C)N(C)C(=O)COC1CCCC1. The first-order valence-corrected chi connectivity index (χ1v) is 6.02. The Bertz CT molecular complexity index is 200. The van der Waals surface area contributed by atoms with E-state index in [0.717, 1.165) is 19.3 Å². The van der Waals surface area contributed by atoms with Gasteiger partial charge in [0.05, 0.1) is 6.10 Å². The zero-order chi connectivity index (χ0) is 11.3. The lowest BCUT2D eigenvalue weighted by molar-refractivity contribution is -0.138. The van der Waals surface area contributed by atoms with Crippen LogP contribution in [0.4, 0.5) is 0 Å². The van der Waals surface area contributed by atoms with Crippen molar-refractivity contribution >= 4 is 5.91 Å². The summed E-state index contributed by atoms with van der Waals surface area (Å²) in [4.78, 5) is 13.5. The lowest BCUT2D eigenvalue weighted by Crippen LogP contribution is -2.37. The van der Waals surface area contributed by atoms with Crippen LogP contribution in [-0.4, -0.2) is 36.6 Å². The van der Waals surface area contributed by atoms with Gasteiger partial charge in [0.15, 0.2) is 0 Å². The van der Waals surface area contributed by atoms with Crippen molar-refractivity contribution in [3.63, 3.8) is 0 Å². The minimum atomic E-state index is 0.108. The number of amides is 1. The third-order valence-corrected chi connectivity index (χ3v) is 3.39. The van der Waals surface area contributed by atoms with E-state index in [1.165, 1.54) is 12.8 Å². The van der Waals surface area contributed by atoms with Gasteiger partial charge < -0.3 is 9.64 Å². The summed E-state index contributed by atoms with van der Waals surface area (Å²) < 4.78 is 5.59. The highest BCUT2D eigenvalue weighted by molar-refractivity contribution is 5.77. The topological polar surface area (TPSA) is 29.5 Å². The van der Waals surface area contributed by atoms with E-state index in [1.54, 1.807) is 4.90 Å². The molecule has 0 aliphatic heterocycles. The molecule has 1 rings (SSSR count). The molecule has 0 aromatic heterocycles.